The molecule has 0 saturated heterocycles. The zero-order chi connectivity index (χ0) is 82.6. The Hall–Kier alpha value is -10.6. The maximum atomic E-state index is 12.1. The molecule has 15 rings (SSSR count). The van der Waals surface area contributed by atoms with Crippen molar-refractivity contribution in [3.05, 3.63) is 179 Å². The highest BCUT2D eigenvalue weighted by Crippen LogP contribution is 2.47. The third-order valence-electron chi connectivity index (χ3n) is 23.4. The summed E-state index contributed by atoms with van der Waals surface area (Å²) in [5.41, 5.74) is 15.1. The van der Waals surface area contributed by atoms with Crippen molar-refractivity contribution < 1.29 is 86.1 Å². The van der Waals surface area contributed by atoms with Gasteiger partial charge in [0.1, 0.15) is 19.8 Å². The monoisotopic (exact) mass is 1550 g/mol. The van der Waals surface area contributed by atoms with Gasteiger partial charge in [-0.1, -0.05) is 296 Å². The van der Waals surface area contributed by atoms with Gasteiger partial charge in [-0.2, -0.15) is 57.5 Å². The van der Waals surface area contributed by atoms with Crippen LogP contribution in [0.4, 0.5) is 14.4 Å². The quantitative estimate of drug-likeness (QED) is 0.0958. The second-order valence-corrected chi connectivity index (χ2v) is 30.4. The smallest absolute Gasteiger partial charge is 0.407 e. The molecule has 9 aliphatic carbocycles. The number of rotatable bonds is 12. The molecule has 113 heavy (non-hydrogen) atoms. The van der Waals surface area contributed by atoms with Crippen LogP contribution in [0.25, 0.3) is 33.4 Å². The highest BCUT2D eigenvalue weighted by molar-refractivity contribution is 5.81. The third-order valence-corrected chi connectivity index (χ3v) is 23.4. The van der Waals surface area contributed by atoms with E-state index in [2.05, 4.69) is 203 Å². The summed E-state index contributed by atoms with van der Waals surface area (Å²) in [6, 6.07) is 50.4. The maximum Gasteiger partial charge on any atom is 0.407 e. The van der Waals surface area contributed by atoms with Gasteiger partial charge < -0.3 is 30.2 Å². The Morgan fingerprint density at radius 1 is 0.257 bits per heavy atom. The largest absolute Gasteiger partial charge is 0.449 e. The molecule has 0 aliphatic heterocycles. The predicted molar refractivity (Wildman–Crippen MR) is 421 cm³/mol. The summed E-state index contributed by atoms with van der Waals surface area (Å²) in [6.07, 6.45) is 31.8. The van der Waals surface area contributed by atoms with Gasteiger partial charge in [-0.15, -0.1) is 0 Å². The summed E-state index contributed by atoms with van der Waals surface area (Å²) in [6.45, 7) is 17.6. The van der Waals surface area contributed by atoms with E-state index in [-0.39, 0.29) is 72.9 Å². The zero-order valence-electron chi connectivity index (χ0n) is 66.6. The number of ether oxygens (including phenoxy) is 3. The number of benzene rings is 6. The Balaban J connectivity index is 0.000000288. The SMILES string of the molecule is C[C@@H]1CCC[C@@H]1C.C[C@H]1CCCC[C@@H]1C.C[C@H]1CCC[C@@H]1C.O=C(NCC1CCCC1)OCC1c2ccccc2-c2ccccc21.O=C(NCC1CCCC1)OCC1c2ccccc2-c2ccccc21.O=C(NCC1CCCCC1)OCC1c2ccccc2-c2ccccc21.O=C=O.O=C=O.O=C=O.O=C=O.O=C=O.O=C=O. The van der Waals surface area contributed by atoms with Crippen LogP contribution in [0.5, 0.6) is 0 Å². The molecule has 21 heteroatoms. The number of fused-ring (bicyclic) bond motifs is 9. The van der Waals surface area contributed by atoms with Crippen LogP contribution in [0.15, 0.2) is 146 Å². The molecule has 6 aromatic carbocycles. The lowest BCUT2D eigenvalue weighted by molar-refractivity contribution is -0.193. The predicted octanol–water partition coefficient (Wildman–Crippen LogP) is 18.8. The molecule has 3 N–H and O–H groups in total. The third kappa shape index (κ3) is 32.9. The van der Waals surface area contributed by atoms with Gasteiger partial charge in [0.15, 0.2) is 0 Å². The topological polar surface area (TPSA) is 320 Å². The van der Waals surface area contributed by atoms with Crippen LogP contribution in [0.1, 0.15) is 240 Å². The molecule has 0 heterocycles. The number of alkyl carbamates (subject to hydrolysis) is 3. The Kier molecular flexibility index (Phi) is 46.8. The number of carbonyl (C=O) groups is 3. The maximum absolute atomic E-state index is 12.1. The molecule has 6 atom stereocenters. The number of carbonyl (C=O) groups excluding carboxylic acids is 15. The lowest BCUT2D eigenvalue weighted by Crippen LogP contribution is -2.31. The first-order valence-corrected chi connectivity index (χ1v) is 40.1. The van der Waals surface area contributed by atoms with Crippen molar-refractivity contribution in [2.45, 2.75) is 207 Å². The van der Waals surface area contributed by atoms with Crippen molar-refractivity contribution in [3.8, 4) is 33.4 Å². The van der Waals surface area contributed by atoms with Gasteiger partial charge >= 0.3 is 55.2 Å². The lowest BCUT2D eigenvalue weighted by Gasteiger charge is -2.24. The van der Waals surface area contributed by atoms with Crippen LogP contribution in [0, 0.1) is 53.3 Å². The summed E-state index contributed by atoms with van der Waals surface area (Å²) in [5.74, 6) is 8.34. The minimum Gasteiger partial charge on any atom is -0.449 e. The number of hydrogen-bond acceptors (Lipinski definition) is 18. The minimum absolute atomic E-state index is 0.132. The van der Waals surface area contributed by atoms with E-state index < -0.39 is 0 Å². The van der Waals surface area contributed by atoms with Crippen LogP contribution in [0.3, 0.4) is 0 Å². The molecule has 6 saturated carbocycles. The van der Waals surface area contributed by atoms with Gasteiger partial charge in [-0.25, -0.2) is 14.4 Å². The van der Waals surface area contributed by atoms with E-state index in [0.717, 1.165) is 55.1 Å². The molecule has 6 aromatic rings. The first-order valence-electron chi connectivity index (χ1n) is 40.1. The van der Waals surface area contributed by atoms with E-state index in [1.807, 2.05) is 0 Å². The molecule has 0 radical (unpaired) electrons. The Morgan fingerprint density at radius 2 is 0.416 bits per heavy atom. The molecule has 0 aromatic heterocycles. The Labute approximate surface area is 666 Å². The van der Waals surface area contributed by atoms with E-state index in [1.54, 1.807) is 0 Å². The fourth-order valence-electron chi connectivity index (χ4n) is 16.6. The van der Waals surface area contributed by atoms with Gasteiger partial charge in [0.2, 0.25) is 0 Å². The van der Waals surface area contributed by atoms with E-state index in [4.69, 9.17) is 71.7 Å². The summed E-state index contributed by atoms with van der Waals surface area (Å²) in [4.78, 5) is 134. The van der Waals surface area contributed by atoms with Crippen molar-refractivity contribution in [1.82, 2.24) is 16.0 Å². The molecule has 0 bridgehead atoms. The van der Waals surface area contributed by atoms with Gasteiger partial charge in [0, 0.05) is 37.4 Å². The van der Waals surface area contributed by atoms with Crippen LogP contribution < -0.4 is 16.0 Å². The Bertz CT molecular complexity index is 3590. The number of nitrogens with one attached hydrogen (secondary N) is 3. The molecule has 606 valence electrons. The van der Waals surface area contributed by atoms with Crippen LogP contribution >= 0.6 is 0 Å². The molecule has 21 nitrogen and oxygen atoms in total. The highest BCUT2D eigenvalue weighted by atomic mass is 16.6. The molecule has 0 unspecified atom stereocenters. The van der Waals surface area contributed by atoms with E-state index in [9.17, 15) is 14.4 Å². The molecular formula is C92H115N3O18. The van der Waals surface area contributed by atoms with Crippen molar-refractivity contribution in [2.24, 2.45) is 53.3 Å². The van der Waals surface area contributed by atoms with Crippen LogP contribution in [-0.2, 0) is 71.7 Å². The first-order chi connectivity index (χ1) is 54.9. The molecular weight excluding hydrogens is 1440 g/mol. The van der Waals surface area contributed by atoms with E-state index in [1.165, 1.54) is 214 Å². The van der Waals surface area contributed by atoms with E-state index >= 15 is 0 Å². The molecule has 3 amide bonds. The average molecular weight is 1550 g/mol. The normalized spacial score (nSPS) is 19.3. The fourth-order valence-corrected chi connectivity index (χ4v) is 16.6. The summed E-state index contributed by atoms with van der Waals surface area (Å²) in [7, 11) is 0. The molecule has 0 spiro atoms. The van der Waals surface area contributed by atoms with Gasteiger partial charge in [-0.3, -0.25) is 0 Å². The van der Waals surface area contributed by atoms with Crippen molar-refractivity contribution in [2.75, 3.05) is 39.5 Å². The second-order valence-electron chi connectivity index (χ2n) is 30.4. The number of hydrogen-bond donors (Lipinski definition) is 3. The fraction of sp³-hybridized carbons (Fsp3) is 0.511. The molecule has 9 aliphatic rings. The highest BCUT2D eigenvalue weighted by Gasteiger charge is 2.33. The van der Waals surface area contributed by atoms with Gasteiger partial charge in [0.05, 0.1) is 0 Å². The van der Waals surface area contributed by atoms with Crippen molar-refractivity contribution >= 4 is 55.2 Å². The van der Waals surface area contributed by atoms with Crippen molar-refractivity contribution in [1.29, 1.82) is 0 Å². The number of amides is 3. The Morgan fingerprint density at radius 3 is 0.593 bits per heavy atom. The zero-order valence-corrected chi connectivity index (χ0v) is 66.6. The lowest BCUT2D eigenvalue weighted by atomic mass is 9.82. The van der Waals surface area contributed by atoms with Crippen LogP contribution in [-0.4, -0.2) is 94.6 Å². The minimum atomic E-state index is -0.288. The first kappa shape index (κ1) is 94.8. The van der Waals surface area contributed by atoms with Crippen molar-refractivity contribution in [3.63, 3.8) is 0 Å². The standard InChI is InChI=1S/C22H25NO2.2C21H23NO2.C8H16.2C7H14.6CO2/c24-22(23-14-16-8-2-1-3-9-16)25-15-21-19-12-6-4-10-17(19)18-11-5-7-13-20(18)21;2*23-21(22-13-15-7-1-2-8-15)24-14-20-18-11-5-3-9-16(18)17-10-4-6-12-19(17)20;1-7-5-3-4-6-8(7)2;2*1-6-4-3-5-7(6)2;6*2-1-3/h4-7,10-13,16,21H,1-3,8-9,14-15H2,(H,23,24);2*3-6,9-12,15,20H,1-2,7-8,13-14H2,(H,22,23);7-8H,3-6H2,1-2H3;2*6-7H,3-5H2,1-2H3;;;;;;/t;;;7-,8-;6-,7+;6-,7-;;;;;;/m...0.0....../s1. The second kappa shape index (κ2) is 55.8. The van der Waals surface area contributed by atoms with E-state index in [0.29, 0.717) is 37.6 Å². The van der Waals surface area contributed by atoms with Gasteiger partial charge in [-0.05, 0) is 159 Å². The average Bonchev–Trinajstić information content (AvgIpc) is 1.63. The summed E-state index contributed by atoms with van der Waals surface area (Å²) < 4.78 is 16.7. The summed E-state index contributed by atoms with van der Waals surface area (Å²) >= 11 is 0. The molecule has 6 fully saturated rings. The summed E-state index contributed by atoms with van der Waals surface area (Å²) in [5, 5.41) is 8.83. The van der Waals surface area contributed by atoms with Gasteiger partial charge in [0.25, 0.3) is 0 Å². The van der Waals surface area contributed by atoms with Crippen LogP contribution in [0.2, 0.25) is 0 Å².